The van der Waals surface area contributed by atoms with Crippen LogP contribution in [0.2, 0.25) is 10.0 Å². The molecule has 0 bridgehead atoms. The summed E-state index contributed by atoms with van der Waals surface area (Å²) in [7, 11) is 0. The van der Waals surface area contributed by atoms with Gasteiger partial charge in [-0.15, -0.1) is 0 Å². The molecule has 2 aromatic heterocycles. The first-order chi connectivity index (χ1) is 13.5. The van der Waals surface area contributed by atoms with Gasteiger partial charge in [0, 0.05) is 30.8 Å². The molecule has 0 spiro atoms. The molecule has 0 aliphatic carbocycles. The van der Waals surface area contributed by atoms with Gasteiger partial charge in [-0.05, 0) is 29.8 Å². The largest absolute Gasteiger partial charge is 0.505 e. The fourth-order valence-corrected chi connectivity index (χ4v) is 3.69. The molecule has 0 unspecified atom stereocenters. The van der Waals surface area contributed by atoms with Gasteiger partial charge in [0.25, 0.3) is 0 Å². The summed E-state index contributed by atoms with van der Waals surface area (Å²) >= 11 is 12.1. The van der Waals surface area contributed by atoms with Crippen LogP contribution in [0.25, 0.3) is 16.6 Å². The van der Waals surface area contributed by atoms with Crippen LogP contribution in [0.5, 0.6) is 11.5 Å². The van der Waals surface area contributed by atoms with E-state index in [1.165, 1.54) is 6.08 Å². The second-order valence-corrected chi connectivity index (χ2v) is 7.51. The van der Waals surface area contributed by atoms with Crippen molar-refractivity contribution < 1.29 is 14.6 Å². The molecule has 0 radical (unpaired) electrons. The average Bonchev–Trinajstić information content (AvgIpc) is 3.12. The van der Waals surface area contributed by atoms with E-state index in [2.05, 4.69) is 11.6 Å². The maximum Gasteiger partial charge on any atom is 0.245 e. The number of aromatic nitrogens is 2. The second-order valence-electron chi connectivity index (χ2n) is 6.69. The van der Waals surface area contributed by atoms with Gasteiger partial charge in [0.15, 0.2) is 5.75 Å². The summed E-state index contributed by atoms with van der Waals surface area (Å²) in [6, 6.07) is 5.19. The van der Waals surface area contributed by atoms with Gasteiger partial charge in [-0.2, -0.15) is 0 Å². The van der Waals surface area contributed by atoms with Crippen LogP contribution in [0.4, 0.5) is 0 Å². The number of aromatic hydroxyl groups is 1. The number of halogens is 2. The van der Waals surface area contributed by atoms with E-state index in [9.17, 15) is 9.90 Å². The Kier molecular flexibility index (Phi) is 4.91. The Morgan fingerprint density at radius 1 is 1.29 bits per heavy atom. The molecule has 8 heteroatoms. The number of carbonyl (C=O) groups is 1. The first kappa shape index (κ1) is 18.7. The van der Waals surface area contributed by atoms with Crippen LogP contribution in [0.15, 0.2) is 49.6 Å². The Balaban J connectivity index is 1.58. The lowest BCUT2D eigenvalue weighted by Gasteiger charge is -2.38. The number of benzene rings is 1. The number of fused-ring (bicyclic) bond motifs is 1. The Morgan fingerprint density at radius 3 is 2.68 bits per heavy atom. The molecular weight excluding hydrogens is 401 g/mol. The molecule has 28 heavy (non-hydrogen) atoms. The van der Waals surface area contributed by atoms with Crippen molar-refractivity contribution in [3.63, 3.8) is 0 Å². The van der Waals surface area contributed by atoms with Crippen LogP contribution in [-0.4, -0.2) is 45.0 Å². The third-order valence-corrected chi connectivity index (χ3v) is 5.33. The number of rotatable bonds is 5. The number of carbonyl (C=O) groups excluding carboxylic acids is 1. The predicted octanol–water partition coefficient (Wildman–Crippen LogP) is 4.04. The van der Waals surface area contributed by atoms with E-state index in [1.807, 2.05) is 16.7 Å². The van der Waals surface area contributed by atoms with E-state index < -0.39 is 0 Å². The summed E-state index contributed by atoms with van der Waals surface area (Å²) in [6.45, 7) is 5.30. The first-order valence-corrected chi connectivity index (χ1v) is 9.40. The minimum Gasteiger partial charge on any atom is -0.505 e. The van der Waals surface area contributed by atoms with Gasteiger partial charge in [0.05, 0.1) is 29.2 Å². The highest BCUT2D eigenvalue weighted by molar-refractivity contribution is 6.37. The zero-order valence-electron chi connectivity index (χ0n) is 14.8. The van der Waals surface area contributed by atoms with Gasteiger partial charge in [-0.25, -0.2) is 4.98 Å². The van der Waals surface area contributed by atoms with Crippen molar-refractivity contribution in [2.45, 2.75) is 0 Å². The lowest BCUT2D eigenvalue weighted by atomic mass is 10.0. The van der Waals surface area contributed by atoms with E-state index in [4.69, 9.17) is 27.9 Å². The van der Waals surface area contributed by atoms with Crippen molar-refractivity contribution in [3.05, 3.63) is 59.6 Å². The maximum atomic E-state index is 11.6. The minimum atomic E-state index is -0.143. The summed E-state index contributed by atoms with van der Waals surface area (Å²) in [4.78, 5) is 17.5. The van der Waals surface area contributed by atoms with E-state index in [0.717, 1.165) is 16.6 Å². The molecule has 1 fully saturated rings. The number of nitrogens with zero attached hydrogens (tertiary/aromatic N) is 3. The molecule has 1 aliphatic rings. The molecule has 3 aromatic rings. The van der Waals surface area contributed by atoms with Crippen molar-refractivity contribution in [3.8, 4) is 22.6 Å². The number of imidazole rings is 1. The van der Waals surface area contributed by atoms with Gasteiger partial charge < -0.3 is 19.1 Å². The number of amides is 1. The first-order valence-electron chi connectivity index (χ1n) is 8.64. The van der Waals surface area contributed by atoms with Crippen molar-refractivity contribution in [2.24, 2.45) is 5.92 Å². The third kappa shape index (κ3) is 3.41. The fourth-order valence-electron chi connectivity index (χ4n) is 3.20. The Bertz CT molecular complexity index is 1050. The predicted molar refractivity (Wildman–Crippen MR) is 108 cm³/mol. The van der Waals surface area contributed by atoms with Gasteiger partial charge in [-0.1, -0.05) is 29.8 Å². The quantitative estimate of drug-likeness (QED) is 0.636. The van der Waals surface area contributed by atoms with Crippen LogP contribution < -0.4 is 4.74 Å². The van der Waals surface area contributed by atoms with E-state index in [-0.39, 0.29) is 27.6 Å². The van der Waals surface area contributed by atoms with Crippen LogP contribution >= 0.6 is 23.2 Å². The van der Waals surface area contributed by atoms with Crippen molar-refractivity contribution in [1.29, 1.82) is 0 Å². The van der Waals surface area contributed by atoms with E-state index in [1.54, 1.807) is 29.6 Å². The molecular formula is C20H17Cl2N3O3. The lowest BCUT2D eigenvalue weighted by molar-refractivity contribution is -0.132. The summed E-state index contributed by atoms with van der Waals surface area (Å²) in [5, 5.41) is 10.1. The summed E-state index contributed by atoms with van der Waals surface area (Å²) in [6.07, 6.45) is 6.62. The summed E-state index contributed by atoms with van der Waals surface area (Å²) in [5.74, 6) is 0.741. The number of phenolic OH excluding ortho intramolecular Hbond substituents is 1. The van der Waals surface area contributed by atoms with Crippen molar-refractivity contribution in [2.75, 3.05) is 19.7 Å². The molecule has 1 amide bonds. The zero-order valence-corrected chi connectivity index (χ0v) is 16.3. The topological polar surface area (TPSA) is 67.1 Å². The Hall–Kier alpha value is -2.70. The molecule has 0 atom stereocenters. The minimum absolute atomic E-state index is 0.0579. The average molecular weight is 418 g/mol. The highest BCUT2D eigenvalue weighted by Crippen LogP contribution is 2.37. The molecule has 1 N–H and O–H groups in total. The van der Waals surface area contributed by atoms with E-state index in [0.29, 0.717) is 25.4 Å². The van der Waals surface area contributed by atoms with Gasteiger partial charge in [-0.3, -0.25) is 4.79 Å². The smallest absolute Gasteiger partial charge is 0.245 e. The highest BCUT2D eigenvalue weighted by Gasteiger charge is 2.29. The molecule has 3 heterocycles. The van der Waals surface area contributed by atoms with Gasteiger partial charge in [0.2, 0.25) is 5.91 Å². The standard InChI is InChI=1S/C20H17Cl2N3O3/c1-2-19(26)24-7-12(8-24)10-28-18-5-14(9-25-11-23-6-17(18)25)13-3-15(21)20(27)16(22)4-13/h2-6,9,11-12,27H,1,7-8,10H2. The SMILES string of the molecule is C=CC(=O)N1CC(COc2cc(-c3cc(Cl)c(O)c(Cl)c3)cn3cncc23)C1. The number of phenols is 1. The van der Waals surface area contributed by atoms with Crippen molar-refractivity contribution >= 4 is 34.6 Å². The van der Waals surface area contributed by atoms with Gasteiger partial charge in [0.1, 0.15) is 11.3 Å². The number of hydrogen-bond acceptors (Lipinski definition) is 4. The molecule has 1 saturated heterocycles. The normalized spacial score (nSPS) is 14.1. The van der Waals surface area contributed by atoms with Crippen LogP contribution in [-0.2, 0) is 4.79 Å². The van der Waals surface area contributed by atoms with Crippen molar-refractivity contribution in [1.82, 2.24) is 14.3 Å². The molecule has 0 saturated carbocycles. The Morgan fingerprint density at radius 2 is 2.00 bits per heavy atom. The molecule has 1 aromatic carbocycles. The number of ether oxygens (including phenoxy) is 1. The monoisotopic (exact) mass is 417 g/mol. The third-order valence-electron chi connectivity index (χ3n) is 4.75. The number of hydrogen-bond donors (Lipinski definition) is 1. The number of likely N-dealkylation sites (tertiary alicyclic amines) is 1. The molecule has 1 aliphatic heterocycles. The molecule has 144 valence electrons. The van der Waals surface area contributed by atoms with Gasteiger partial charge >= 0.3 is 0 Å². The van der Waals surface area contributed by atoms with E-state index >= 15 is 0 Å². The summed E-state index contributed by atoms with van der Waals surface area (Å²) < 4.78 is 7.90. The summed E-state index contributed by atoms with van der Waals surface area (Å²) in [5.41, 5.74) is 2.40. The zero-order chi connectivity index (χ0) is 19.8. The lowest BCUT2D eigenvalue weighted by Crippen LogP contribution is -2.51. The highest BCUT2D eigenvalue weighted by atomic mass is 35.5. The molecule has 4 rings (SSSR count). The van der Waals surface area contributed by atoms with Crippen LogP contribution in [0, 0.1) is 5.92 Å². The fraction of sp³-hybridized carbons (Fsp3) is 0.200. The van der Waals surface area contributed by atoms with Crippen LogP contribution in [0.1, 0.15) is 0 Å². The second kappa shape index (κ2) is 7.37. The Labute approximate surface area is 171 Å². The van der Waals surface area contributed by atoms with Crippen LogP contribution in [0.3, 0.4) is 0 Å². The molecule has 6 nitrogen and oxygen atoms in total. The maximum absolute atomic E-state index is 11.6. The number of pyridine rings is 1.